The Morgan fingerprint density at radius 2 is 1.78 bits per heavy atom. The summed E-state index contributed by atoms with van der Waals surface area (Å²) in [5.74, 6) is 0.601. The second kappa shape index (κ2) is 10.2. The molecule has 1 aliphatic carbocycles. The summed E-state index contributed by atoms with van der Waals surface area (Å²) in [7, 11) is 0. The van der Waals surface area contributed by atoms with Gasteiger partial charge < -0.3 is 10.2 Å². The van der Waals surface area contributed by atoms with E-state index in [0.29, 0.717) is 44.8 Å². The van der Waals surface area contributed by atoms with Crippen molar-refractivity contribution in [2.75, 3.05) is 19.6 Å². The molecule has 2 heterocycles. The van der Waals surface area contributed by atoms with Gasteiger partial charge in [-0.2, -0.15) is 0 Å². The third kappa shape index (κ3) is 5.00. The minimum atomic E-state index is -0.481. The van der Waals surface area contributed by atoms with Crippen molar-refractivity contribution < 1.29 is 9.59 Å². The molecule has 2 amide bonds. The Morgan fingerprint density at radius 1 is 1.06 bits per heavy atom. The molecule has 1 aromatic heterocycles. The van der Waals surface area contributed by atoms with Crippen LogP contribution < -0.4 is 5.32 Å². The first kappa shape index (κ1) is 22.4. The molecule has 2 fully saturated rings. The molecule has 1 saturated heterocycles. The van der Waals surface area contributed by atoms with E-state index >= 15 is 0 Å². The average Bonchev–Trinajstić information content (AvgIpc) is 2.85. The highest BCUT2D eigenvalue weighted by atomic mass is 16.2. The molecule has 6 heteroatoms. The maximum atomic E-state index is 13.2. The molecule has 1 aliphatic heterocycles. The van der Waals surface area contributed by atoms with E-state index in [0.717, 1.165) is 42.4 Å². The van der Waals surface area contributed by atoms with Crippen molar-refractivity contribution in [3.8, 4) is 11.1 Å². The zero-order chi connectivity index (χ0) is 22.4. The second-order valence-corrected chi connectivity index (χ2v) is 9.30. The van der Waals surface area contributed by atoms with Gasteiger partial charge in [0.2, 0.25) is 11.8 Å². The Hall–Kier alpha value is -2.76. The van der Waals surface area contributed by atoms with Gasteiger partial charge in [-0.25, -0.2) is 9.97 Å². The lowest BCUT2D eigenvalue weighted by Crippen LogP contribution is -2.52. The van der Waals surface area contributed by atoms with E-state index in [2.05, 4.69) is 27.4 Å². The maximum absolute atomic E-state index is 13.2. The first-order valence-electron chi connectivity index (χ1n) is 12.0. The number of piperidine rings is 1. The monoisotopic (exact) mass is 434 g/mol. The van der Waals surface area contributed by atoms with Crippen molar-refractivity contribution in [2.45, 2.75) is 58.3 Å². The van der Waals surface area contributed by atoms with Gasteiger partial charge in [-0.3, -0.25) is 9.59 Å². The molecule has 0 spiro atoms. The molecule has 2 aliphatic rings. The van der Waals surface area contributed by atoms with Crippen LogP contribution in [0.5, 0.6) is 0 Å². The summed E-state index contributed by atoms with van der Waals surface area (Å²) in [4.78, 5) is 36.5. The molecule has 1 N–H and O–H groups in total. The van der Waals surface area contributed by atoms with Gasteiger partial charge in [-0.05, 0) is 50.2 Å². The number of likely N-dealkylation sites (tertiary alicyclic amines) is 1. The van der Waals surface area contributed by atoms with Crippen LogP contribution in [0.3, 0.4) is 0 Å². The highest BCUT2D eigenvalue weighted by molar-refractivity contribution is 5.84. The van der Waals surface area contributed by atoms with Gasteiger partial charge in [-0.1, -0.05) is 43.5 Å². The van der Waals surface area contributed by atoms with Crippen LogP contribution in [0.2, 0.25) is 0 Å². The van der Waals surface area contributed by atoms with Crippen LogP contribution in [0.15, 0.2) is 43.0 Å². The molecular formula is C26H34N4O2. The summed E-state index contributed by atoms with van der Waals surface area (Å²) >= 11 is 0. The van der Waals surface area contributed by atoms with Gasteiger partial charge in [0.1, 0.15) is 6.33 Å². The Labute approximate surface area is 190 Å². The van der Waals surface area contributed by atoms with Crippen LogP contribution in [0.25, 0.3) is 11.1 Å². The summed E-state index contributed by atoms with van der Waals surface area (Å²) in [6.45, 7) is 3.91. The lowest BCUT2D eigenvalue weighted by molar-refractivity contribution is -0.143. The topological polar surface area (TPSA) is 75.2 Å². The number of rotatable bonds is 6. The van der Waals surface area contributed by atoms with Crippen molar-refractivity contribution in [3.63, 3.8) is 0 Å². The van der Waals surface area contributed by atoms with E-state index in [4.69, 9.17) is 0 Å². The number of hydrogen-bond donors (Lipinski definition) is 1. The van der Waals surface area contributed by atoms with Crippen molar-refractivity contribution in [1.82, 2.24) is 20.2 Å². The van der Waals surface area contributed by atoms with E-state index in [1.807, 2.05) is 24.0 Å². The smallest absolute Gasteiger partial charge is 0.226 e. The first-order chi connectivity index (χ1) is 15.6. The van der Waals surface area contributed by atoms with Gasteiger partial charge in [0.05, 0.1) is 5.41 Å². The minimum Gasteiger partial charge on any atom is -0.356 e. The number of carbonyl (C=O) groups is 2. The fourth-order valence-electron chi connectivity index (χ4n) is 5.29. The number of amides is 2. The normalized spacial score (nSPS) is 18.8. The number of aromatic nitrogens is 2. The third-order valence-electron chi connectivity index (χ3n) is 7.17. The van der Waals surface area contributed by atoms with Crippen LogP contribution in [0.4, 0.5) is 0 Å². The SMILES string of the molecule is CCNC(=O)C1(Cc2cccc(-c3cncnc3)c2)CCN(C(=O)C2CCCCC2)CC1. The van der Waals surface area contributed by atoms with Crippen molar-refractivity contribution in [2.24, 2.45) is 11.3 Å². The fourth-order valence-corrected chi connectivity index (χ4v) is 5.29. The number of nitrogens with one attached hydrogen (secondary N) is 1. The average molecular weight is 435 g/mol. The van der Waals surface area contributed by atoms with Crippen molar-refractivity contribution >= 4 is 11.8 Å². The van der Waals surface area contributed by atoms with E-state index < -0.39 is 5.41 Å². The van der Waals surface area contributed by atoms with Gasteiger partial charge >= 0.3 is 0 Å². The quantitative estimate of drug-likeness (QED) is 0.745. The first-order valence-corrected chi connectivity index (χ1v) is 12.0. The predicted molar refractivity (Wildman–Crippen MR) is 125 cm³/mol. The van der Waals surface area contributed by atoms with Gasteiger partial charge in [0.25, 0.3) is 0 Å². The summed E-state index contributed by atoms with van der Waals surface area (Å²) in [6.07, 6.45) is 12.8. The molecular weight excluding hydrogens is 400 g/mol. The number of carbonyl (C=O) groups excluding carboxylic acids is 2. The molecule has 6 nitrogen and oxygen atoms in total. The van der Waals surface area contributed by atoms with E-state index in [-0.39, 0.29) is 11.8 Å². The summed E-state index contributed by atoms with van der Waals surface area (Å²) < 4.78 is 0. The zero-order valence-electron chi connectivity index (χ0n) is 19.1. The van der Waals surface area contributed by atoms with Gasteiger partial charge in [0.15, 0.2) is 0 Å². The second-order valence-electron chi connectivity index (χ2n) is 9.30. The Balaban J connectivity index is 1.50. The molecule has 32 heavy (non-hydrogen) atoms. The highest BCUT2D eigenvalue weighted by Gasteiger charge is 2.42. The minimum absolute atomic E-state index is 0.109. The van der Waals surface area contributed by atoms with Crippen LogP contribution >= 0.6 is 0 Å². The Kier molecular flexibility index (Phi) is 7.18. The van der Waals surface area contributed by atoms with Crippen molar-refractivity contribution in [1.29, 1.82) is 0 Å². The molecule has 1 saturated carbocycles. The van der Waals surface area contributed by atoms with Gasteiger partial charge in [0, 0.05) is 43.5 Å². The number of nitrogens with zero attached hydrogens (tertiary/aromatic N) is 3. The summed E-state index contributed by atoms with van der Waals surface area (Å²) in [5.41, 5.74) is 2.67. The van der Waals surface area contributed by atoms with Crippen LogP contribution in [-0.4, -0.2) is 46.3 Å². The maximum Gasteiger partial charge on any atom is 0.226 e. The van der Waals surface area contributed by atoms with Crippen LogP contribution in [-0.2, 0) is 16.0 Å². The largest absolute Gasteiger partial charge is 0.356 e. The summed E-state index contributed by atoms with van der Waals surface area (Å²) in [6, 6.07) is 8.31. The number of benzene rings is 1. The van der Waals surface area contributed by atoms with Crippen LogP contribution in [0, 0.1) is 11.3 Å². The molecule has 170 valence electrons. The van der Waals surface area contributed by atoms with Gasteiger partial charge in [-0.15, -0.1) is 0 Å². The highest BCUT2D eigenvalue weighted by Crippen LogP contribution is 2.37. The van der Waals surface area contributed by atoms with E-state index in [1.54, 1.807) is 12.4 Å². The van der Waals surface area contributed by atoms with Crippen LogP contribution in [0.1, 0.15) is 57.4 Å². The standard InChI is InChI=1S/C26H34N4O2/c1-2-29-25(32)26(11-13-30(14-12-26)24(31)21-8-4-3-5-9-21)16-20-7-6-10-22(15-20)23-17-27-19-28-18-23/h6-7,10,15,17-19,21H,2-5,8-9,11-14,16H2,1H3,(H,29,32). The molecule has 0 bridgehead atoms. The Bertz CT molecular complexity index is 916. The number of hydrogen-bond acceptors (Lipinski definition) is 4. The van der Waals surface area contributed by atoms with Crippen molar-refractivity contribution in [3.05, 3.63) is 48.5 Å². The molecule has 2 aromatic rings. The molecule has 1 aromatic carbocycles. The molecule has 0 unspecified atom stereocenters. The predicted octanol–water partition coefficient (Wildman–Crippen LogP) is 4.01. The lowest BCUT2D eigenvalue weighted by Gasteiger charge is -2.42. The Morgan fingerprint density at radius 3 is 2.47 bits per heavy atom. The molecule has 0 atom stereocenters. The summed E-state index contributed by atoms with van der Waals surface area (Å²) in [5, 5.41) is 3.07. The van der Waals surface area contributed by atoms with E-state index in [9.17, 15) is 9.59 Å². The fraction of sp³-hybridized carbons (Fsp3) is 0.538. The lowest BCUT2D eigenvalue weighted by atomic mass is 9.72. The third-order valence-corrected chi connectivity index (χ3v) is 7.17. The van der Waals surface area contributed by atoms with E-state index in [1.165, 1.54) is 12.7 Å². The zero-order valence-corrected chi connectivity index (χ0v) is 19.1. The molecule has 0 radical (unpaired) electrons. The molecule has 4 rings (SSSR count).